The second-order valence-electron chi connectivity index (χ2n) is 4.02. The van der Waals surface area contributed by atoms with E-state index >= 15 is 0 Å². The number of aliphatic hydroxyl groups is 1. The van der Waals surface area contributed by atoms with Gasteiger partial charge in [0.1, 0.15) is 5.75 Å². The first-order valence-electron chi connectivity index (χ1n) is 5.94. The van der Waals surface area contributed by atoms with Gasteiger partial charge in [-0.25, -0.2) is 4.98 Å². The van der Waals surface area contributed by atoms with E-state index in [1.807, 2.05) is 36.4 Å². The summed E-state index contributed by atoms with van der Waals surface area (Å²) in [5.74, 6) is 0.737. The van der Waals surface area contributed by atoms with E-state index in [4.69, 9.17) is 9.84 Å². The van der Waals surface area contributed by atoms with Crippen molar-refractivity contribution in [3.63, 3.8) is 0 Å². The van der Waals surface area contributed by atoms with Crippen molar-refractivity contribution < 1.29 is 9.84 Å². The summed E-state index contributed by atoms with van der Waals surface area (Å²) >= 11 is 1.47. The number of aliphatic hydroxyl groups excluding tert-OH is 1. The molecule has 0 aliphatic rings. The average molecular weight is 272 g/mol. The highest BCUT2D eigenvalue weighted by Crippen LogP contribution is 2.30. The fourth-order valence-electron chi connectivity index (χ4n) is 1.75. The molecule has 0 spiro atoms. The lowest BCUT2D eigenvalue weighted by molar-refractivity contribution is 0.299. The first-order valence-corrected chi connectivity index (χ1v) is 6.76. The normalized spacial score (nSPS) is 10.8. The maximum Gasteiger partial charge on any atom is 0.281 e. The molecule has 0 saturated carbocycles. The first-order chi connectivity index (χ1) is 9.35. The van der Waals surface area contributed by atoms with Crippen molar-refractivity contribution in [3.05, 3.63) is 48.2 Å². The smallest absolute Gasteiger partial charge is 0.281 e. The van der Waals surface area contributed by atoms with Crippen LogP contribution in [0.5, 0.6) is 10.9 Å². The molecule has 0 unspecified atom stereocenters. The van der Waals surface area contributed by atoms with Crippen LogP contribution in [0.4, 0.5) is 0 Å². The van der Waals surface area contributed by atoms with Gasteiger partial charge in [0.2, 0.25) is 0 Å². The molecule has 0 atom stereocenters. The van der Waals surface area contributed by atoms with Crippen LogP contribution >= 0.6 is 11.3 Å². The Morgan fingerprint density at radius 3 is 2.74 bits per heavy atom. The van der Waals surface area contributed by atoms with Crippen molar-refractivity contribution in [3.8, 4) is 10.9 Å². The van der Waals surface area contributed by atoms with Crippen molar-refractivity contribution in [2.75, 3.05) is 6.61 Å². The Morgan fingerprint density at radius 1 is 1.16 bits per heavy atom. The van der Waals surface area contributed by atoms with Gasteiger partial charge in [-0.1, -0.05) is 23.5 Å². The van der Waals surface area contributed by atoms with Crippen LogP contribution in [0.15, 0.2) is 42.6 Å². The Labute approximate surface area is 114 Å². The van der Waals surface area contributed by atoms with Crippen LogP contribution < -0.4 is 4.74 Å². The number of thiazole rings is 1. The predicted octanol–water partition coefficient (Wildman–Crippen LogP) is 3.02. The first kappa shape index (κ1) is 12.1. The Morgan fingerprint density at radius 2 is 2.00 bits per heavy atom. The van der Waals surface area contributed by atoms with Gasteiger partial charge in [0.25, 0.3) is 5.19 Å². The maximum absolute atomic E-state index is 8.86. The third-order valence-electron chi connectivity index (χ3n) is 2.67. The van der Waals surface area contributed by atoms with Crippen LogP contribution in [-0.4, -0.2) is 21.7 Å². The molecule has 0 saturated heterocycles. The van der Waals surface area contributed by atoms with Crippen molar-refractivity contribution in [1.82, 2.24) is 9.97 Å². The highest BCUT2D eigenvalue weighted by molar-refractivity contribution is 7.20. The van der Waals surface area contributed by atoms with Crippen molar-refractivity contribution in [1.29, 1.82) is 0 Å². The summed E-state index contributed by atoms with van der Waals surface area (Å²) in [6.07, 6.45) is 2.38. The number of pyridine rings is 1. The molecule has 0 fully saturated rings. The monoisotopic (exact) mass is 272 g/mol. The number of benzene rings is 1. The van der Waals surface area contributed by atoms with E-state index in [0.717, 1.165) is 16.0 Å². The summed E-state index contributed by atoms with van der Waals surface area (Å²) in [7, 11) is 0. The third-order valence-corrected chi connectivity index (χ3v) is 3.56. The van der Waals surface area contributed by atoms with Gasteiger partial charge in [-0.15, -0.1) is 0 Å². The average Bonchev–Trinajstić information content (AvgIpc) is 2.83. The highest BCUT2D eigenvalue weighted by atomic mass is 32.1. The summed E-state index contributed by atoms with van der Waals surface area (Å²) in [5, 5.41) is 9.44. The third kappa shape index (κ3) is 2.72. The van der Waals surface area contributed by atoms with Gasteiger partial charge in [0.05, 0.1) is 4.70 Å². The molecular formula is C14H12N2O2S. The molecule has 3 rings (SSSR count). The quantitative estimate of drug-likeness (QED) is 0.793. The molecule has 0 aliphatic heterocycles. The molecule has 19 heavy (non-hydrogen) atoms. The molecule has 4 nitrogen and oxygen atoms in total. The molecule has 2 heterocycles. The van der Waals surface area contributed by atoms with Crippen LogP contribution in [-0.2, 0) is 6.42 Å². The minimum Gasteiger partial charge on any atom is -0.431 e. The second-order valence-corrected chi connectivity index (χ2v) is 5.02. The number of rotatable bonds is 4. The van der Waals surface area contributed by atoms with Gasteiger partial charge in [0, 0.05) is 12.8 Å². The highest BCUT2D eigenvalue weighted by Gasteiger charge is 2.06. The molecule has 5 heteroatoms. The fraction of sp³-hybridized carbons (Fsp3) is 0.143. The van der Waals surface area contributed by atoms with Crippen LogP contribution in [0, 0.1) is 0 Å². The van der Waals surface area contributed by atoms with E-state index in [1.54, 1.807) is 6.20 Å². The molecule has 1 aromatic carbocycles. The van der Waals surface area contributed by atoms with Gasteiger partial charge in [-0.05, 0) is 36.2 Å². The zero-order chi connectivity index (χ0) is 13.1. The molecule has 0 bridgehead atoms. The minimum absolute atomic E-state index is 0.156. The Balaban J connectivity index is 1.80. The number of fused-ring (bicyclic) bond motifs is 1. The molecule has 2 aromatic heterocycles. The SMILES string of the molecule is OCCc1ccc(Oc2nc3ncccc3s2)cc1. The van der Waals surface area contributed by atoms with Gasteiger partial charge in [-0.2, -0.15) is 4.98 Å². The van der Waals surface area contributed by atoms with Crippen molar-refractivity contribution in [2.24, 2.45) is 0 Å². The molecule has 1 N–H and O–H groups in total. The van der Waals surface area contributed by atoms with Crippen molar-refractivity contribution in [2.45, 2.75) is 6.42 Å². The number of nitrogens with zero attached hydrogens (tertiary/aromatic N) is 2. The zero-order valence-electron chi connectivity index (χ0n) is 10.1. The van der Waals surface area contributed by atoms with Crippen LogP contribution in [0.25, 0.3) is 10.3 Å². The van der Waals surface area contributed by atoms with Crippen LogP contribution in [0.2, 0.25) is 0 Å². The maximum atomic E-state index is 8.86. The number of hydrogen-bond donors (Lipinski definition) is 1. The summed E-state index contributed by atoms with van der Waals surface area (Å²) in [6.45, 7) is 0.156. The number of hydrogen-bond acceptors (Lipinski definition) is 5. The van der Waals surface area contributed by atoms with E-state index in [0.29, 0.717) is 17.3 Å². The van der Waals surface area contributed by atoms with E-state index in [1.165, 1.54) is 11.3 Å². The lowest BCUT2D eigenvalue weighted by Gasteiger charge is -2.02. The lowest BCUT2D eigenvalue weighted by Crippen LogP contribution is -1.90. The standard InChI is InChI=1S/C14H12N2O2S/c17-9-7-10-3-5-11(6-4-10)18-14-16-13-12(19-14)2-1-8-15-13/h1-6,8,17H,7,9H2. The summed E-state index contributed by atoms with van der Waals surface area (Å²) in [6, 6.07) is 11.5. The Hall–Kier alpha value is -1.98. The molecule has 0 radical (unpaired) electrons. The second kappa shape index (κ2) is 5.34. The number of ether oxygens (including phenoxy) is 1. The van der Waals surface area contributed by atoms with Gasteiger partial charge in [-0.3, -0.25) is 0 Å². The van der Waals surface area contributed by atoms with E-state index in [-0.39, 0.29) is 6.61 Å². The van der Waals surface area contributed by atoms with Gasteiger partial charge < -0.3 is 9.84 Å². The summed E-state index contributed by atoms with van der Waals surface area (Å²) in [5.41, 5.74) is 1.79. The summed E-state index contributed by atoms with van der Waals surface area (Å²) in [4.78, 5) is 8.49. The van der Waals surface area contributed by atoms with Crippen molar-refractivity contribution >= 4 is 21.7 Å². The molecule has 3 aromatic rings. The largest absolute Gasteiger partial charge is 0.431 e. The lowest BCUT2D eigenvalue weighted by atomic mass is 10.1. The summed E-state index contributed by atoms with van der Waals surface area (Å²) < 4.78 is 6.71. The number of aromatic nitrogens is 2. The zero-order valence-corrected chi connectivity index (χ0v) is 10.9. The molecule has 0 amide bonds. The predicted molar refractivity (Wildman–Crippen MR) is 74.7 cm³/mol. The van der Waals surface area contributed by atoms with E-state index < -0.39 is 0 Å². The Kier molecular flexibility index (Phi) is 3.39. The van der Waals surface area contributed by atoms with E-state index in [9.17, 15) is 0 Å². The topological polar surface area (TPSA) is 55.2 Å². The van der Waals surface area contributed by atoms with Crippen LogP contribution in [0.3, 0.4) is 0 Å². The van der Waals surface area contributed by atoms with Gasteiger partial charge in [0.15, 0.2) is 5.65 Å². The van der Waals surface area contributed by atoms with Crippen LogP contribution in [0.1, 0.15) is 5.56 Å². The Bertz CT molecular complexity index is 646. The van der Waals surface area contributed by atoms with Gasteiger partial charge >= 0.3 is 0 Å². The molecular weight excluding hydrogens is 260 g/mol. The minimum atomic E-state index is 0.156. The molecule has 0 aliphatic carbocycles. The van der Waals surface area contributed by atoms with E-state index in [2.05, 4.69) is 9.97 Å². The fourth-order valence-corrected chi connectivity index (χ4v) is 2.54. The molecule has 96 valence electrons.